The molecular weight excluding hydrogens is 250 g/mol. The molecule has 0 atom stereocenters. The van der Waals surface area contributed by atoms with Crippen LogP contribution in [0.4, 0.5) is 0 Å². The molecule has 108 valence electrons. The molecule has 0 aliphatic heterocycles. The Hall–Kier alpha value is -1.77. The second-order valence-corrected chi connectivity index (χ2v) is 5.30. The molecule has 0 aliphatic rings. The number of fused-ring (bicyclic) bond motifs is 1. The van der Waals surface area contributed by atoms with Crippen LogP contribution in [0.25, 0.3) is 11.0 Å². The van der Waals surface area contributed by atoms with E-state index in [0.717, 1.165) is 48.9 Å². The molecule has 1 aromatic carbocycles. The molecule has 0 radical (unpaired) electrons. The van der Waals surface area contributed by atoms with E-state index in [9.17, 15) is 4.79 Å². The summed E-state index contributed by atoms with van der Waals surface area (Å²) in [6.07, 6.45) is 3.09. The Balaban J connectivity index is 2.23. The van der Waals surface area contributed by atoms with Crippen molar-refractivity contribution in [1.29, 1.82) is 0 Å². The number of hydrogen-bond donors (Lipinski definition) is 0. The van der Waals surface area contributed by atoms with Crippen LogP contribution in [-0.2, 0) is 0 Å². The molecule has 0 saturated carbocycles. The quantitative estimate of drug-likeness (QED) is 0.782. The van der Waals surface area contributed by atoms with E-state index in [-0.39, 0.29) is 5.91 Å². The first kappa shape index (κ1) is 14.6. The van der Waals surface area contributed by atoms with E-state index in [2.05, 4.69) is 13.8 Å². The SMILES string of the molecule is CCCCN(CCC)C(=O)c1cc2ccc(C)cc2o1. The van der Waals surface area contributed by atoms with Gasteiger partial charge in [0.1, 0.15) is 5.58 Å². The maximum atomic E-state index is 12.5. The minimum Gasteiger partial charge on any atom is -0.451 e. The van der Waals surface area contributed by atoms with E-state index in [1.54, 1.807) is 0 Å². The summed E-state index contributed by atoms with van der Waals surface area (Å²) < 4.78 is 5.73. The van der Waals surface area contributed by atoms with Gasteiger partial charge in [-0.15, -0.1) is 0 Å². The van der Waals surface area contributed by atoms with Gasteiger partial charge >= 0.3 is 0 Å². The van der Waals surface area contributed by atoms with Crippen molar-refractivity contribution in [3.63, 3.8) is 0 Å². The largest absolute Gasteiger partial charge is 0.451 e. The van der Waals surface area contributed by atoms with E-state index in [4.69, 9.17) is 4.42 Å². The monoisotopic (exact) mass is 273 g/mol. The Morgan fingerprint density at radius 2 is 1.95 bits per heavy atom. The molecule has 0 fully saturated rings. The summed E-state index contributed by atoms with van der Waals surface area (Å²) in [5.74, 6) is 0.462. The smallest absolute Gasteiger partial charge is 0.289 e. The van der Waals surface area contributed by atoms with Gasteiger partial charge in [-0.05, 0) is 37.5 Å². The molecule has 20 heavy (non-hydrogen) atoms. The predicted octanol–water partition coefficient (Wildman–Crippen LogP) is 4.39. The first-order valence-corrected chi connectivity index (χ1v) is 7.45. The zero-order valence-electron chi connectivity index (χ0n) is 12.6. The van der Waals surface area contributed by atoms with Crippen molar-refractivity contribution in [2.24, 2.45) is 0 Å². The van der Waals surface area contributed by atoms with Gasteiger partial charge < -0.3 is 9.32 Å². The minimum absolute atomic E-state index is 0.00848. The summed E-state index contributed by atoms with van der Waals surface area (Å²) in [7, 11) is 0. The number of carbonyl (C=O) groups is 1. The Labute approximate surface area is 120 Å². The van der Waals surface area contributed by atoms with E-state index < -0.39 is 0 Å². The summed E-state index contributed by atoms with van der Waals surface area (Å²) in [5, 5.41) is 0.992. The van der Waals surface area contributed by atoms with E-state index in [1.165, 1.54) is 0 Å². The third kappa shape index (κ3) is 3.21. The van der Waals surface area contributed by atoms with E-state index in [1.807, 2.05) is 36.1 Å². The molecule has 3 nitrogen and oxygen atoms in total. The second kappa shape index (κ2) is 6.60. The average molecular weight is 273 g/mol. The fourth-order valence-corrected chi connectivity index (χ4v) is 2.33. The summed E-state index contributed by atoms with van der Waals surface area (Å²) in [6, 6.07) is 7.86. The van der Waals surface area contributed by atoms with Crippen molar-refractivity contribution in [3.05, 3.63) is 35.6 Å². The maximum Gasteiger partial charge on any atom is 0.289 e. The van der Waals surface area contributed by atoms with Crippen molar-refractivity contribution in [2.45, 2.75) is 40.0 Å². The fraction of sp³-hybridized carbons (Fsp3) is 0.471. The highest BCUT2D eigenvalue weighted by Crippen LogP contribution is 2.22. The summed E-state index contributed by atoms with van der Waals surface area (Å²) in [4.78, 5) is 14.4. The van der Waals surface area contributed by atoms with Crippen LogP contribution in [0.5, 0.6) is 0 Å². The average Bonchev–Trinajstić information content (AvgIpc) is 2.85. The Morgan fingerprint density at radius 3 is 2.65 bits per heavy atom. The Bertz CT molecular complexity index is 586. The van der Waals surface area contributed by atoms with Crippen LogP contribution in [0.2, 0.25) is 0 Å². The van der Waals surface area contributed by atoms with Crippen molar-refractivity contribution < 1.29 is 9.21 Å². The highest BCUT2D eigenvalue weighted by atomic mass is 16.3. The molecule has 0 saturated heterocycles. The van der Waals surface area contributed by atoms with Crippen LogP contribution in [0.15, 0.2) is 28.7 Å². The van der Waals surface area contributed by atoms with Gasteiger partial charge in [0, 0.05) is 18.5 Å². The van der Waals surface area contributed by atoms with Crippen molar-refractivity contribution in [3.8, 4) is 0 Å². The number of furan rings is 1. The maximum absolute atomic E-state index is 12.5. The summed E-state index contributed by atoms with van der Waals surface area (Å²) >= 11 is 0. The number of unbranched alkanes of at least 4 members (excludes halogenated alkanes) is 1. The standard InChI is InChI=1S/C17H23NO2/c1-4-6-10-18(9-5-2)17(19)16-12-14-8-7-13(3)11-15(14)20-16/h7-8,11-12H,4-6,9-10H2,1-3H3. The lowest BCUT2D eigenvalue weighted by Gasteiger charge is -2.20. The molecule has 1 amide bonds. The molecule has 0 aliphatic carbocycles. The van der Waals surface area contributed by atoms with Gasteiger partial charge in [-0.3, -0.25) is 4.79 Å². The third-order valence-electron chi connectivity index (χ3n) is 3.45. The number of carbonyl (C=O) groups excluding carboxylic acids is 1. The highest BCUT2D eigenvalue weighted by molar-refractivity contribution is 5.96. The van der Waals surface area contributed by atoms with Gasteiger partial charge in [-0.1, -0.05) is 32.4 Å². The number of hydrogen-bond acceptors (Lipinski definition) is 2. The van der Waals surface area contributed by atoms with Gasteiger partial charge in [0.2, 0.25) is 0 Å². The van der Waals surface area contributed by atoms with Gasteiger partial charge in [-0.25, -0.2) is 0 Å². The van der Waals surface area contributed by atoms with Crippen LogP contribution in [-0.4, -0.2) is 23.9 Å². The zero-order chi connectivity index (χ0) is 14.5. The first-order valence-electron chi connectivity index (χ1n) is 7.45. The van der Waals surface area contributed by atoms with Crippen LogP contribution >= 0.6 is 0 Å². The molecule has 0 bridgehead atoms. The van der Waals surface area contributed by atoms with Gasteiger partial charge in [0.25, 0.3) is 5.91 Å². The van der Waals surface area contributed by atoms with Crippen LogP contribution in [0.1, 0.15) is 49.2 Å². The lowest BCUT2D eigenvalue weighted by atomic mass is 10.2. The van der Waals surface area contributed by atoms with Crippen LogP contribution in [0.3, 0.4) is 0 Å². The molecule has 0 spiro atoms. The molecule has 1 aromatic heterocycles. The normalized spacial score (nSPS) is 10.9. The number of nitrogens with zero attached hydrogens (tertiary/aromatic N) is 1. The fourth-order valence-electron chi connectivity index (χ4n) is 2.33. The molecule has 2 rings (SSSR count). The Kier molecular flexibility index (Phi) is 4.83. The predicted molar refractivity (Wildman–Crippen MR) is 82.1 cm³/mol. The number of benzene rings is 1. The lowest BCUT2D eigenvalue weighted by molar-refractivity contribution is 0.0723. The van der Waals surface area contributed by atoms with Crippen molar-refractivity contribution in [2.75, 3.05) is 13.1 Å². The molecule has 1 heterocycles. The highest BCUT2D eigenvalue weighted by Gasteiger charge is 2.18. The van der Waals surface area contributed by atoms with E-state index >= 15 is 0 Å². The third-order valence-corrected chi connectivity index (χ3v) is 3.45. The Morgan fingerprint density at radius 1 is 1.15 bits per heavy atom. The van der Waals surface area contributed by atoms with Gasteiger partial charge in [-0.2, -0.15) is 0 Å². The molecular formula is C17H23NO2. The van der Waals surface area contributed by atoms with Crippen molar-refractivity contribution >= 4 is 16.9 Å². The molecule has 3 heteroatoms. The summed E-state index contributed by atoms with van der Waals surface area (Å²) in [5.41, 5.74) is 1.93. The summed E-state index contributed by atoms with van der Waals surface area (Å²) in [6.45, 7) is 7.84. The minimum atomic E-state index is 0.00848. The van der Waals surface area contributed by atoms with Crippen LogP contribution in [0, 0.1) is 6.92 Å². The first-order chi connectivity index (χ1) is 9.65. The zero-order valence-corrected chi connectivity index (χ0v) is 12.6. The van der Waals surface area contributed by atoms with E-state index in [0.29, 0.717) is 5.76 Å². The van der Waals surface area contributed by atoms with Gasteiger partial charge in [0.15, 0.2) is 5.76 Å². The number of rotatable bonds is 6. The lowest BCUT2D eigenvalue weighted by Crippen LogP contribution is -2.32. The van der Waals surface area contributed by atoms with Crippen molar-refractivity contribution in [1.82, 2.24) is 4.90 Å². The van der Waals surface area contributed by atoms with Crippen LogP contribution < -0.4 is 0 Å². The molecule has 2 aromatic rings. The van der Waals surface area contributed by atoms with Gasteiger partial charge in [0.05, 0.1) is 0 Å². The number of aryl methyl sites for hydroxylation is 1. The molecule has 0 unspecified atom stereocenters. The second-order valence-electron chi connectivity index (χ2n) is 5.30. The molecule has 0 N–H and O–H groups in total. The number of amides is 1. The topological polar surface area (TPSA) is 33.5 Å².